The van der Waals surface area contributed by atoms with Gasteiger partial charge in [-0.1, -0.05) is 37.8 Å². The van der Waals surface area contributed by atoms with Crippen molar-refractivity contribution >= 4 is 21.9 Å². The Balaban J connectivity index is 1.31. The predicted molar refractivity (Wildman–Crippen MR) is 148 cm³/mol. The van der Waals surface area contributed by atoms with E-state index in [1.54, 1.807) is 0 Å². The van der Waals surface area contributed by atoms with Gasteiger partial charge in [-0.25, -0.2) is 13.2 Å². The Kier molecular flexibility index (Phi) is 8.68. The Hall–Kier alpha value is -2.76. The van der Waals surface area contributed by atoms with Crippen LogP contribution < -0.4 is 4.74 Å². The number of rotatable bonds is 10. The molecule has 2 aromatic carbocycles. The van der Waals surface area contributed by atoms with Crippen molar-refractivity contribution in [2.24, 2.45) is 23.7 Å². The van der Waals surface area contributed by atoms with Crippen LogP contribution in [0.3, 0.4) is 0 Å². The molecule has 3 aromatic rings. The molecule has 1 aromatic heterocycles. The molecule has 0 unspecified atom stereocenters. The summed E-state index contributed by atoms with van der Waals surface area (Å²) in [4.78, 5) is 0. The molecule has 2 fully saturated rings. The van der Waals surface area contributed by atoms with Gasteiger partial charge in [-0.15, -0.1) is 13.2 Å². The average Bonchev–Trinajstić information content (AvgIpc) is 3.33. The Morgan fingerprint density at radius 1 is 0.744 bits per heavy atom. The van der Waals surface area contributed by atoms with Gasteiger partial charge < -0.3 is 9.15 Å². The fourth-order valence-corrected chi connectivity index (χ4v) is 6.59. The van der Waals surface area contributed by atoms with E-state index in [0.717, 1.165) is 70.1 Å². The number of aryl methyl sites for hydroxylation is 1. The first-order valence-corrected chi connectivity index (χ1v) is 14.5. The fourth-order valence-electron chi connectivity index (χ4n) is 6.59. The maximum atomic E-state index is 15.3. The molecule has 0 bridgehead atoms. The van der Waals surface area contributed by atoms with Crippen molar-refractivity contribution in [2.75, 3.05) is 6.61 Å². The molecule has 0 N–H and O–H groups in total. The van der Waals surface area contributed by atoms with Crippen molar-refractivity contribution in [1.29, 1.82) is 0 Å². The van der Waals surface area contributed by atoms with E-state index in [9.17, 15) is 4.39 Å². The number of furan rings is 1. The summed E-state index contributed by atoms with van der Waals surface area (Å²) in [7, 11) is 0. The summed E-state index contributed by atoms with van der Waals surface area (Å²) >= 11 is 0. The second-order valence-electron chi connectivity index (χ2n) is 11.6. The van der Waals surface area contributed by atoms with Gasteiger partial charge >= 0.3 is 0 Å². The van der Waals surface area contributed by atoms with Gasteiger partial charge in [0.15, 0.2) is 23.2 Å². The minimum absolute atomic E-state index is 0.0187. The van der Waals surface area contributed by atoms with E-state index < -0.39 is 23.3 Å². The summed E-state index contributed by atoms with van der Waals surface area (Å²) in [5.41, 5.74) is 0.174. The summed E-state index contributed by atoms with van der Waals surface area (Å²) in [5.74, 6) is -3.05. The van der Waals surface area contributed by atoms with Crippen molar-refractivity contribution in [1.82, 2.24) is 0 Å². The minimum Gasteiger partial charge on any atom is -0.490 e. The summed E-state index contributed by atoms with van der Waals surface area (Å²) in [6.07, 6.45) is 15.6. The highest BCUT2D eigenvalue weighted by atomic mass is 19.2. The lowest BCUT2D eigenvalue weighted by molar-refractivity contribution is 0.188. The van der Waals surface area contributed by atoms with E-state index in [1.807, 2.05) is 12.2 Å². The number of hydrogen-bond acceptors (Lipinski definition) is 2. The molecule has 6 heteroatoms. The van der Waals surface area contributed by atoms with Gasteiger partial charge in [0.2, 0.25) is 5.82 Å². The number of ether oxygens (including phenoxy) is 1. The number of hydrogen-bond donors (Lipinski definition) is 0. The first-order valence-electron chi connectivity index (χ1n) is 14.5. The Morgan fingerprint density at radius 3 is 1.97 bits per heavy atom. The molecule has 39 heavy (non-hydrogen) atoms. The highest BCUT2D eigenvalue weighted by Gasteiger charge is 2.27. The van der Waals surface area contributed by atoms with E-state index in [2.05, 4.69) is 13.2 Å². The van der Waals surface area contributed by atoms with Crippen LogP contribution in [0.1, 0.15) is 76.2 Å². The second-order valence-corrected chi connectivity index (χ2v) is 11.6. The Bertz CT molecular complexity index is 1330. The van der Waals surface area contributed by atoms with Gasteiger partial charge in [0.1, 0.15) is 11.2 Å². The monoisotopic (exact) mass is 542 g/mol. The third kappa shape index (κ3) is 5.90. The highest BCUT2D eigenvalue weighted by Crippen LogP contribution is 2.40. The lowest BCUT2D eigenvalue weighted by Crippen LogP contribution is -2.19. The smallest absolute Gasteiger partial charge is 0.201 e. The zero-order valence-electron chi connectivity index (χ0n) is 22.6. The van der Waals surface area contributed by atoms with Crippen LogP contribution in [0.15, 0.2) is 41.9 Å². The van der Waals surface area contributed by atoms with Crippen LogP contribution in [0.25, 0.3) is 21.9 Å². The molecule has 1 heterocycles. The van der Waals surface area contributed by atoms with E-state index in [4.69, 9.17) is 9.15 Å². The third-order valence-corrected chi connectivity index (χ3v) is 9.12. The van der Waals surface area contributed by atoms with Crippen LogP contribution in [-0.2, 0) is 6.42 Å². The van der Waals surface area contributed by atoms with Crippen molar-refractivity contribution in [3.05, 3.63) is 66.3 Å². The first kappa shape index (κ1) is 27.8. The summed E-state index contributed by atoms with van der Waals surface area (Å²) in [6, 6.07) is 2.70. The van der Waals surface area contributed by atoms with Crippen LogP contribution in [0, 0.1) is 46.9 Å². The van der Waals surface area contributed by atoms with E-state index >= 15 is 13.2 Å². The van der Waals surface area contributed by atoms with Crippen molar-refractivity contribution in [3.63, 3.8) is 0 Å². The Labute approximate surface area is 228 Å². The van der Waals surface area contributed by atoms with Crippen LogP contribution in [0.2, 0.25) is 0 Å². The molecule has 2 saturated carbocycles. The van der Waals surface area contributed by atoms with Gasteiger partial charge in [-0.05, 0) is 86.7 Å². The molecular formula is C33H38F4O2. The molecule has 2 aliphatic carbocycles. The van der Waals surface area contributed by atoms with Crippen molar-refractivity contribution in [2.45, 2.75) is 77.0 Å². The van der Waals surface area contributed by atoms with Crippen LogP contribution in [0.5, 0.6) is 5.75 Å². The highest BCUT2D eigenvalue weighted by molar-refractivity contribution is 6.06. The molecule has 0 spiro atoms. The Morgan fingerprint density at radius 2 is 1.33 bits per heavy atom. The minimum atomic E-state index is -1.28. The number of allylic oxidation sites excluding steroid dienone is 2. The third-order valence-electron chi connectivity index (χ3n) is 9.12. The maximum Gasteiger partial charge on any atom is 0.201 e. The molecule has 0 amide bonds. The standard InChI is InChI=1S/C33H38F4O2/c1-3-5-6-21-9-11-22(12-10-21)15-16-24-17-25-28(32(36)30(24)34)29-26(39-25)18-27(31(35)33(29)37)38-19-23-13-7-20(4-2)8-14-23/h3-4,17-18,20-23H,1-2,5-16,19H2. The molecule has 2 aliphatic rings. The van der Waals surface area contributed by atoms with Crippen LogP contribution in [0.4, 0.5) is 17.6 Å². The zero-order valence-corrected chi connectivity index (χ0v) is 22.6. The summed E-state index contributed by atoms with van der Waals surface area (Å²) < 4.78 is 71.9. The van der Waals surface area contributed by atoms with Gasteiger partial charge in [-0.3, -0.25) is 0 Å². The largest absolute Gasteiger partial charge is 0.490 e. The number of benzene rings is 2. The average molecular weight is 543 g/mol. The number of halogens is 4. The quantitative estimate of drug-likeness (QED) is 0.188. The van der Waals surface area contributed by atoms with Crippen molar-refractivity contribution in [3.8, 4) is 5.75 Å². The number of fused-ring (bicyclic) bond motifs is 3. The van der Waals surface area contributed by atoms with Crippen LogP contribution >= 0.6 is 0 Å². The SMILES string of the molecule is C=CCCC1CCC(CCc2cc3oc4cc(OCC5CCC(C=C)CC5)c(F)c(F)c4c3c(F)c2F)CC1. The van der Waals surface area contributed by atoms with Gasteiger partial charge in [0.25, 0.3) is 0 Å². The molecule has 2 nitrogen and oxygen atoms in total. The molecule has 0 radical (unpaired) electrons. The van der Waals surface area contributed by atoms with Crippen LogP contribution in [-0.4, -0.2) is 6.61 Å². The van der Waals surface area contributed by atoms with Gasteiger partial charge in [0, 0.05) is 6.07 Å². The van der Waals surface area contributed by atoms with Crippen molar-refractivity contribution < 1.29 is 26.7 Å². The first-order chi connectivity index (χ1) is 18.9. The molecular weight excluding hydrogens is 504 g/mol. The zero-order chi connectivity index (χ0) is 27.5. The molecule has 0 aliphatic heterocycles. The molecule has 210 valence electrons. The summed E-state index contributed by atoms with van der Waals surface area (Å²) in [6.45, 7) is 7.90. The molecule has 0 atom stereocenters. The van der Waals surface area contributed by atoms with E-state index in [-0.39, 0.29) is 45.8 Å². The van der Waals surface area contributed by atoms with Gasteiger partial charge in [-0.2, -0.15) is 4.39 Å². The molecule has 0 saturated heterocycles. The lowest BCUT2D eigenvalue weighted by Gasteiger charge is -2.28. The lowest BCUT2D eigenvalue weighted by atomic mass is 9.78. The maximum absolute atomic E-state index is 15.3. The fraction of sp³-hybridized carbons (Fsp3) is 0.515. The summed E-state index contributed by atoms with van der Waals surface area (Å²) in [5, 5.41) is -0.748. The topological polar surface area (TPSA) is 22.4 Å². The second kappa shape index (κ2) is 12.2. The molecule has 5 rings (SSSR count). The normalized spacial score (nSPS) is 23.8. The van der Waals surface area contributed by atoms with Gasteiger partial charge in [0.05, 0.1) is 17.4 Å². The predicted octanol–water partition coefficient (Wildman–Crippen LogP) is 10.2. The van der Waals surface area contributed by atoms with E-state index in [1.165, 1.54) is 18.6 Å². The van der Waals surface area contributed by atoms with E-state index in [0.29, 0.717) is 18.3 Å².